The van der Waals surface area contributed by atoms with Gasteiger partial charge in [0.2, 0.25) is 0 Å². The molecule has 0 atom stereocenters. The molecule has 1 heterocycles. The largest absolute Gasteiger partial charge is 0.508 e. The van der Waals surface area contributed by atoms with Crippen LogP contribution in [0.5, 0.6) is 5.75 Å². The Labute approximate surface area is 110 Å². The fraction of sp³-hybridized carbons (Fsp3) is 0.154. The number of halogens is 1. The molecule has 2 N–H and O–H groups in total. The molecule has 0 bridgehead atoms. The van der Waals surface area contributed by atoms with Crippen molar-refractivity contribution in [2.45, 2.75) is 6.54 Å². The molecule has 2 rings (SSSR count). The molecule has 0 aliphatic heterocycles. The molecule has 0 spiro atoms. The van der Waals surface area contributed by atoms with Gasteiger partial charge in [0.25, 0.3) is 5.91 Å². The first-order valence-corrected chi connectivity index (χ1v) is 5.82. The molecule has 0 saturated heterocycles. The zero-order valence-corrected chi connectivity index (χ0v) is 10.6. The Hall–Kier alpha value is -1.94. The van der Waals surface area contributed by atoms with E-state index in [9.17, 15) is 9.90 Å². The molecule has 0 unspecified atom stereocenters. The lowest BCUT2D eigenvalue weighted by atomic mass is 10.2. The number of rotatable bonds is 3. The topological polar surface area (TPSA) is 54.3 Å². The average molecular weight is 265 g/mol. The lowest BCUT2D eigenvalue weighted by Crippen LogP contribution is -2.24. The number of aromatic hydroxyl groups is 1. The van der Waals surface area contributed by atoms with Gasteiger partial charge in [-0.1, -0.05) is 29.8 Å². The third-order valence-electron chi connectivity index (χ3n) is 2.64. The summed E-state index contributed by atoms with van der Waals surface area (Å²) >= 11 is 5.81. The van der Waals surface area contributed by atoms with Crippen LogP contribution in [0, 0.1) is 0 Å². The monoisotopic (exact) mass is 264 g/mol. The van der Waals surface area contributed by atoms with E-state index >= 15 is 0 Å². The number of nitrogens with one attached hydrogen (secondary N) is 1. The first-order valence-electron chi connectivity index (χ1n) is 5.45. The minimum absolute atomic E-state index is 0.169. The molecule has 0 fully saturated rings. The van der Waals surface area contributed by atoms with Crippen molar-refractivity contribution in [3.8, 4) is 5.75 Å². The summed E-state index contributed by atoms with van der Waals surface area (Å²) in [5, 5.41) is 12.8. The summed E-state index contributed by atoms with van der Waals surface area (Å²) in [5.41, 5.74) is 1.15. The van der Waals surface area contributed by atoms with Crippen LogP contribution in [-0.2, 0) is 13.6 Å². The molecule has 5 heteroatoms. The summed E-state index contributed by atoms with van der Waals surface area (Å²) in [6, 6.07) is 8.48. The quantitative estimate of drug-likeness (QED) is 0.894. The van der Waals surface area contributed by atoms with E-state index in [1.54, 1.807) is 48.1 Å². The van der Waals surface area contributed by atoms with Crippen molar-refractivity contribution in [1.29, 1.82) is 0 Å². The molecular formula is C13H13ClN2O2. The summed E-state index contributed by atoms with van der Waals surface area (Å²) in [6.45, 7) is 0.272. The molecule has 1 amide bonds. The van der Waals surface area contributed by atoms with Crippen LogP contribution in [-0.4, -0.2) is 15.6 Å². The summed E-state index contributed by atoms with van der Waals surface area (Å²) in [5.74, 6) is -0.0598. The second-order valence-electron chi connectivity index (χ2n) is 3.97. The second-order valence-corrected chi connectivity index (χ2v) is 4.40. The number of amides is 1. The van der Waals surface area contributed by atoms with E-state index in [0.29, 0.717) is 16.3 Å². The molecule has 1 aromatic heterocycles. The van der Waals surface area contributed by atoms with Crippen LogP contribution < -0.4 is 5.32 Å². The summed E-state index contributed by atoms with van der Waals surface area (Å²) in [6.07, 6.45) is 1.66. The lowest BCUT2D eigenvalue weighted by molar-refractivity contribution is 0.0942. The predicted octanol–water partition coefficient (Wildman–Crippen LogP) is 2.31. The maximum absolute atomic E-state index is 11.9. The number of aromatic nitrogens is 1. The molecule has 0 saturated carbocycles. The normalized spacial score (nSPS) is 10.3. The van der Waals surface area contributed by atoms with Gasteiger partial charge in [0.1, 0.15) is 11.4 Å². The van der Waals surface area contributed by atoms with E-state index in [2.05, 4.69) is 5.32 Å². The van der Waals surface area contributed by atoms with Gasteiger partial charge in [0, 0.05) is 25.4 Å². The number of carbonyl (C=O) groups is 1. The number of hydrogen-bond acceptors (Lipinski definition) is 2. The van der Waals surface area contributed by atoms with Crippen molar-refractivity contribution in [3.05, 3.63) is 52.8 Å². The smallest absolute Gasteiger partial charge is 0.268 e. The molecule has 0 radical (unpaired) electrons. The highest BCUT2D eigenvalue weighted by molar-refractivity contribution is 6.31. The number of carbonyl (C=O) groups excluding carboxylic acids is 1. The molecular weight excluding hydrogens is 252 g/mol. The van der Waals surface area contributed by atoms with Crippen LogP contribution in [0.4, 0.5) is 0 Å². The van der Waals surface area contributed by atoms with Crippen LogP contribution in [0.1, 0.15) is 16.1 Å². The molecule has 18 heavy (non-hydrogen) atoms. The highest BCUT2D eigenvalue weighted by Crippen LogP contribution is 2.16. The van der Waals surface area contributed by atoms with Crippen molar-refractivity contribution in [1.82, 2.24) is 9.88 Å². The number of para-hydroxylation sites is 1. The van der Waals surface area contributed by atoms with E-state index in [1.807, 2.05) is 0 Å². The van der Waals surface area contributed by atoms with E-state index in [0.717, 1.165) is 0 Å². The molecule has 94 valence electrons. The predicted molar refractivity (Wildman–Crippen MR) is 69.7 cm³/mol. The third kappa shape index (κ3) is 2.65. The minimum Gasteiger partial charge on any atom is -0.508 e. The van der Waals surface area contributed by atoms with Gasteiger partial charge in [0.15, 0.2) is 0 Å². The van der Waals surface area contributed by atoms with E-state index in [4.69, 9.17) is 11.6 Å². The van der Waals surface area contributed by atoms with Gasteiger partial charge in [-0.2, -0.15) is 0 Å². The first kappa shape index (κ1) is 12.5. The van der Waals surface area contributed by atoms with Crippen LogP contribution in [0.25, 0.3) is 0 Å². The SMILES string of the molecule is Cn1cc(Cl)cc1C(=O)NCc1ccccc1O. The first-order chi connectivity index (χ1) is 8.58. The Morgan fingerprint density at radius 1 is 1.44 bits per heavy atom. The average Bonchev–Trinajstić information content (AvgIpc) is 2.67. The van der Waals surface area contributed by atoms with Crippen LogP contribution in [0.2, 0.25) is 5.02 Å². The van der Waals surface area contributed by atoms with Crippen LogP contribution >= 0.6 is 11.6 Å². The lowest BCUT2D eigenvalue weighted by Gasteiger charge is -2.07. The van der Waals surface area contributed by atoms with Crippen molar-refractivity contribution in [3.63, 3.8) is 0 Å². The molecule has 0 aliphatic rings. The highest BCUT2D eigenvalue weighted by Gasteiger charge is 2.11. The third-order valence-corrected chi connectivity index (χ3v) is 2.84. The Bertz CT molecular complexity index is 578. The van der Waals surface area contributed by atoms with Crippen molar-refractivity contribution < 1.29 is 9.90 Å². The van der Waals surface area contributed by atoms with Gasteiger partial charge < -0.3 is 15.0 Å². The van der Waals surface area contributed by atoms with Crippen LogP contribution in [0.15, 0.2) is 36.5 Å². The van der Waals surface area contributed by atoms with Crippen molar-refractivity contribution >= 4 is 17.5 Å². The second kappa shape index (κ2) is 5.14. The van der Waals surface area contributed by atoms with Crippen molar-refractivity contribution in [2.75, 3.05) is 0 Å². The molecule has 2 aromatic rings. The Morgan fingerprint density at radius 2 is 2.17 bits per heavy atom. The molecule has 1 aromatic carbocycles. The standard InChI is InChI=1S/C13H13ClN2O2/c1-16-8-10(14)6-11(16)13(18)15-7-9-4-2-3-5-12(9)17/h2-6,8,17H,7H2,1H3,(H,15,18). The Morgan fingerprint density at radius 3 is 2.78 bits per heavy atom. The zero-order valence-electron chi connectivity index (χ0n) is 9.85. The maximum Gasteiger partial charge on any atom is 0.268 e. The number of phenols is 1. The highest BCUT2D eigenvalue weighted by atomic mass is 35.5. The fourth-order valence-electron chi connectivity index (χ4n) is 1.68. The number of aryl methyl sites for hydroxylation is 1. The number of benzene rings is 1. The maximum atomic E-state index is 11.9. The van der Waals surface area contributed by atoms with E-state index < -0.39 is 0 Å². The van der Waals surface area contributed by atoms with Gasteiger partial charge in [0.05, 0.1) is 5.02 Å². The van der Waals surface area contributed by atoms with Crippen molar-refractivity contribution in [2.24, 2.45) is 7.05 Å². The fourth-order valence-corrected chi connectivity index (χ4v) is 1.93. The van der Waals surface area contributed by atoms with Gasteiger partial charge in [-0.3, -0.25) is 4.79 Å². The van der Waals surface area contributed by atoms with Gasteiger partial charge >= 0.3 is 0 Å². The Kier molecular flexibility index (Phi) is 3.58. The zero-order chi connectivity index (χ0) is 13.1. The summed E-state index contributed by atoms with van der Waals surface area (Å²) in [7, 11) is 1.75. The minimum atomic E-state index is -0.229. The number of nitrogens with zero attached hydrogens (tertiary/aromatic N) is 1. The van der Waals surface area contributed by atoms with Gasteiger partial charge in [-0.15, -0.1) is 0 Å². The summed E-state index contributed by atoms with van der Waals surface area (Å²) in [4.78, 5) is 11.9. The van der Waals surface area contributed by atoms with Crippen LogP contribution in [0.3, 0.4) is 0 Å². The Balaban J connectivity index is 2.05. The van der Waals surface area contributed by atoms with E-state index in [1.165, 1.54) is 0 Å². The van der Waals surface area contributed by atoms with Gasteiger partial charge in [-0.05, 0) is 12.1 Å². The number of hydrogen-bond donors (Lipinski definition) is 2. The van der Waals surface area contributed by atoms with E-state index in [-0.39, 0.29) is 18.2 Å². The summed E-state index contributed by atoms with van der Waals surface area (Å²) < 4.78 is 1.66. The van der Waals surface area contributed by atoms with Gasteiger partial charge in [-0.25, -0.2) is 0 Å². The number of phenolic OH excluding ortho intramolecular Hbond substituents is 1. The molecule has 0 aliphatic carbocycles. The molecule has 4 nitrogen and oxygen atoms in total.